The summed E-state index contributed by atoms with van der Waals surface area (Å²) in [4.78, 5) is 26.3. The molecule has 9 heteroatoms. The van der Waals surface area contributed by atoms with Crippen molar-refractivity contribution >= 4 is 22.4 Å². The molecule has 3 aromatic heterocycles. The van der Waals surface area contributed by atoms with Crippen molar-refractivity contribution in [1.29, 1.82) is 0 Å². The number of nitrogens with one attached hydrogen (secondary N) is 2. The van der Waals surface area contributed by atoms with Crippen LogP contribution in [0.15, 0.2) is 47.5 Å². The number of anilines is 2. The van der Waals surface area contributed by atoms with Gasteiger partial charge in [-0.05, 0) is 63.9 Å². The molecule has 4 aromatic rings. The van der Waals surface area contributed by atoms with Crippen molar-refractivity contribution < 1.29 is 4.39 Å². The molecule has 0 bridgehead atoms. The highest BCUT2D eigenvalue weighted by Crippen LogP contribution is 2.26. The zero-order valence-corrected chi connectivity index (χ0v) is 19.8. The van der Waals surface area contributed by atoms with Crippen LogP contribution in [0, 0.1) is 0 Å². The van der Waals surface area contributed by atoms with Crippen LogP contribution in [-0.2, 0) is 18.6 Å². The zero-order valence-electron chi connectivity index (χ0n) is 19.8. The van der Waals surface area contributed by atoms with E-state index in [0.717, 1.165) is 25.2 Å². The van der Waals surface area contributed by atoms with E-state index in [-0.39, 0.29) is 17.4 Å². The third-order valence-electron chi connectivity index (χ3n) is 6.01. The predicted molar refractivity (Wildman–Crippen MR) is 131 cm³/mol. The molecular formula is C25H28FN7O. The summed E-state index contributed by atoms with van der Waals surface area (Å²) in [6.07, 6.45) is 4.08. The highest BCUT2D eigenvalue weighted by Gasteiger charge is 2.25. The van der Waals surface area contributed by atoms with Gasteiger partial charge in [-0.25, -0.2) is 28.7 Å². The summed E-state index contributed by atoms with van der Waals surface area (Å²) in [5.74, 6) is 1.09. The Morgan fingerprint density at radius 2 is 1.97 bits per heavy atom. The first kappa shape index (κ1) is 22.2. The molecule has 0 unspecified atom stereocenters. The van der Waals surface area contributed by atoms with E-state index in [1.807, 2.05) is 26.0 Å². The third-order valence-corrected chi connectivity index (χ3v) is 6.01. The smallest absolute Gasteiger partial charge is 0.276 e. The normalized spacial score (nSPS) is 13.9. The zero-order chi connectivity index (χ0) is 24.0. The molecule has 1 aliphatic rings. The number of benzene rings is 1. The van der Waals surface area contributed by atoms with Gasteiger partial charge in [0.05, 0.1) is 10.9 Å². The van der Waals surface area contributed by atoms with E-state index in [4.69, 9.17) is 0 Å². The summed E-state index contributed by atoms with van der Waals surface area (Å²) in [6.45, 7) is 8.52. The van der Waals surface area contributed by atoms with Crippen molar-refractivity contribution in [2.24, 2.45) is 0 Å². The molecule has 0 saturated carbocycles. The van der Waals surface area contributed by atoms with Crippen molar-refractivity contribution in [2.75, 3.05) is 11.9 Å². The van der Waals surface area contributed by atoms with Crippen molar-refractivity contribution in [1.82, 2.24) is 29.6 Å². The molecule has 0 aliphatic carbocycles. The Morgan fingerprint density at radius 3 is 2.74 bits per heavy atom. The Bertz CT molecular complexity index is 1430. The Balaban J connectivity index is 1.63. The monoisotopic (exact) mass is 461 g/mol. The molecule has 1 aliphatic heterocycles. The van der Waals surface area contributed by atoms with E-state index in [1.165, 1.54) is 31.2 Å². The lowest BCUT2D eigenvalue weighted by Gasteiger charge is -2.18. The van der Waals surface area contributed by atoms with Crippen LogP contribution in [0.25, 0.3) is 16.7 Å². The molecule has 176 valence electrons. The van der Waals surface area contributed by atoms with Gasteiger partial charge in [-0.2, -0.15) is 0 Å². The van der Waals surface area contributed by atoms with Crippen LogP contribution in [0.3, 0.4) is 0 Å². The number of aromatic nitrogens is 5. The maximum Gasteiger partial charge on any atom is 0.276 e. The van der Waals surface area contributed by atoms with Gasteiger partial charge >= 0.3 is 0 Å². The van der Waals surface area contributed by atoms with E-state index in [0.29, 0.717) is 22.5 Å². The quantitative estimate of drug-likeness (QED) is 0.464. The fourth-order valence-corrected chi connectivity index (χ4v) is 4.34. The largest absolute Gasteiger partial charge is 0.340 e. The average molecular weight is 462 g/mol. The van der Waals surface area contributed by atoms with Crippen LogP contribution in [0.2, 0.25) is 0 Å². The lowest BCUT2D eigenvalue weighted by Crippen LogP contribution is -2.25. The first-order valence-corrected chi connectivity index (χ1v) is 11.5. The van der Waals surface area contributed by atoms with Gasteiger partial charge in [0.2, 0.25) is 0 Å². The topological polar surface area (TPSA) is 89.7 Å². The average Bonchev–Trinajstić information content (AvgIpc) is 3.10. The Hall–Kier alpha value is -3.59. The number of rotatable bonds is 5. The van der Waals surface area contributed by atoms with Crippen LogP contribution in [0.5, 0.6) is 0 Å². The number of hydrogen-bond acceptors (Lipinski definition) is 6. The summed E-state index contributed by atoms with van der Waals surface area (Å²) in [5, 5.41) is 7.22. The van der Waals surface area contributed by atoms with E-state index in [9.17, 15) is 9.18 Å². The Kier molecular flexibility index (Phi) is 5.44. The second-order valence-electron chi connectivity index (χ2n) is 9.39. The van der Waals surface area contributed by atoms with Crippen molar-refractivity contribution in [3.05, 3.63) is 70.0 Å². The van der Waals surface area contributed by atoms with Crippen LogP contribution in [0.1, 0.15) is 50.7 Å². The van der Waals surface area contributed by atoms with Gasteiger partial charge in [0.15, 0.2) is 17.3 Å². The second-order valence-corrected chi connectivity index (χ2v) is 9.39. The summed E-state index contributed by atoms with van der Waals surface area (Å²) < 4.78 is 17.9. The van der Waals surface area contributed by atoms with E-state index in [2.05, 4.69) is 37.7 Å². The Labute approximate surface area is 196 Å². The SMILES string of the molecule is CC(C)n1c(=O)c2cnc(Nc3ccc4c(c3)CCNC4)cc2n1-c1ccnc(C(C)(C)F)n1. The molecule has 0 spiro atoms. The molecular weight excluding hydrogens is 433 g/mol. The molecule has 0 amide bonds. The van der Waals surface area contributed by atoms with Crippen LogP contribution in [-0.4, -0.2) is 30.9 Å². The number of nitrogens with zero attached hydrogens (tertiary/aromatic N) is 5. The minimum atomic E-state index is -1.71. The number of fused-ring (bicyclic) bond motifs is 2. The van der Waals surface area contributed by atoms with Crippen molar-refractivity contribution in [3.8, 4) is 5.82 Å². The summed E-state index contributed by atoms with van der Waals surface area (Å²) >= 11 is 0. The molecule has 0 radical (unpaired) electrons. The molecule has 0 atom stereocenters. The Morgan fingerprint density at radius 1 is 1.15 bits per heavy atom. The molecule has 0 fully saturated rings. The molecule has 1 aromatic carbocycles. The van der Waals surface area contributed by atoms with Gasteiger partial charge in [-0.1, -0.05) is 6.07 Å². The minimum Gasteiger partial charge on any atom is -0.340 e. The third kappa shape index (κ3) is 3.96. The van der Waals surface area contributed by atoms with E-state index < -0.39 is 5.67 Å². The number of hydrogen-bond donors (Lipinski definition) is 2. The fraction of sp³-hybridized carbons (Fsp3) is 0.360. The molecule has 2 N–H and O–H groups in total. The first-order valence-electron chi connectivity index (χ1n) is 11.5. The van der Waals surface area contributed by atoms with Gasteiger partial charge in [0.1, 0.15) is 5.82 Å². The standard InChI is InChI=1S/C25H28FN7O/c1-15(2)32-23(34)19-14-29-21(30-18-6-5-17-13-27-9-7-16(17)11-18)12-20(19)33(32)22-8-10-28-24(31-22)25(3,4)26/h5-6,8,10-12,14-15,27H,7,9,13H2,1-4H3,(H,29,30). The molecule has 4 heterocycles. The summed E-state index contributed by atoms with van der Waals surface area (Å²) in [7, 11) is 0. The van der Waals surface area contributed by atoms with Gasteiger partial charge in [-0.15, -0.1) is 0 Å². The lowest BCUT2D eigenvalue weighted by molar-refractivity contribution is 0.206. The maximum absolute atomic E-state index is 14.6. The summed E-state index contributed by atoms with van der Waals surface area (Å²) in [5.41, 5.74) is 2.31. The number of alkyl halides is 1. The van der Waals surface area contributed by atoms with Crippen LogP contribution in [0.4, 0.5) is 15.9 Å². The van der Waals surface area contributed by atoms with Crippen LogP contribution >= 0.6 is 0 Å². The maximum atomic E-state index is 14.6. The van der Waals surface area contributed by atoms with Gasteiger partial charge in [0.25, 0.3) is 5.56 Å². The molecule has 0 saturated heterocycles. The van der Waals surface area contributed by atoms with Gasteiger partial charge in [-0.3, -0.25) is 4.79 Å². The van der Waals surface area contributed by atoms with Crippen molar-refractivity contribution in [2.45, 2.75) is 52.4 Å². The number of halogens is 1. The minimum absolute atomic E-state index is 0.0607. The van der Waals surface area contributed by atoms with Crippen molar-refractivity contribution in [3.63, 3.8) is 0 Å². The fourth-order valence-electron chi connectivity index (χ4n) is 4.34. The molecule has 8 nitrogen and oxygen atoms in total. The van der Waals surface area contributed by atoms with Gasteiger partial charge < -0.3 is 10.6 Å². The lowest BCUT2D eigenvalue weighted by atomic mass is 10.0. The molecule has 34 heavy (non-hydrogen) atoms. The molecule has 5 rings (SSSR count). The van der Waals surface area contributed by atoms with E-state index in [1.54, 1.807) is 21.6 Å². The summed E-state index contributed by atoms with van der Waals surface area (Å²) in [6, 6.07) is 9.66. The van der Waals surface area contributed by atoms with Gasteiger partial charge in [0, 0.05) is 42.8 Å². The second kappa shape index (κ2) is 8.32. The predicted octanol–water partition coefficient (Wildman–Crippen LogP) is 4.15. The highest BCUT2D eigenvalue weighted by molar-refractivity contribution is 5.82. The number of pyridine rings is 1. The highest BCUT2D eigenvalue weighted by atomic mass is 19.1. The first-order chi connectivity index (χ1) is 16.2. The van der Waals surface area contributed by atoms with Crippen LogP contribution < -0.4 is 16.2 Å². The van der Waals surface area contributed by atoms with E-state index >= 15 is 0 Å².